The quantitative estimate of drug-likeness (QED) is 0.104. The summed E-state index contributed by atoms with van der Waals surface area (Å²) in [7, 11) is 0. The second-order valence-electron chi connectivity index (χ2n) is 0. The van der Waals surface area contributed by atoms with Crippen molar-refractivity contribution in [2.24, 2.45) is 0 Å². The van der Waals surface area contributed by atoms with Crippen LogP contribution in [0.15, 0.2) is 0 Å². The van der Waals surface area contributed by atoms with Crippen LogP contribution in [0.5, 0.6) is 0 Å². The first-order valence-corrected chi connectivity index (χ1v) is 0.400. The molecule has 0 aliphatic heterocycles. The normalized spacial score (nSPS) is 0.375. The smallest absolute Gasteiger partial charge is 0 e. The summed E-state index contributed by atoms with van der Waals surface area (Å²) in [6.45, 7) is 0. The Kier molecular flexibility index (Phi) is 192000. The van der Waals surface area contributed by atoms with Gasteiger partial charge in [-0.1, -0.05) is 0 Å². The van der Waals surface area contributed by atoms with Crippen molar-refractivity contribution in [3.63, 3.8) is 0 Å². The van der Waals surface area contributed by atoms with Crippen molar-refractivity contribution in [3.05, 3.63) is 0 Å². The molecule has 0 rings (SSSR count). The van der Waals surface area contributed by atoms with E-state index in [0.29, 0.717) is 0 Å². The van der Waals surface area contributed by atoms with Crippen LogP contribution in [0.2, 0.25) is 0 Å². The van der Waals surface area contributed by atoms with Gasteiger partial charge in [0.05, 0.1) is 0 Å². The topological polar surface area (TPSA) is 774 Å². The fourth-order valence-corrected chi connectivity index (χ4v) is 0. The average molecular weight is 1040 g/mol. The summed E-state index contributed by atoms with van der Waals surface area (Å²) in [6, 6.07) is 0. The van der Waals surface area contributed by atoms with Gasteiger partial charge < -0.3 is 120 Å². The van der Waals surface area contributed by atoms with Crippen molar-refractivity contribution in [2.45, 2.75) is 0 Å². The number of rotatable bonds is 0. The van der Waals surface area contributed by atoms with Crippen molar-refractivity contribution in [2.75, 3.05) is 0 Å². The van der Waals surface area contributed by atoms with Gasteiger partial charge >= 0.3 is 0 Å². The third kappa shape index (κ3) is 3570. The van der Waals surface area contributed by atoms with E-state index in [1.807, 2.05) is 0 Å². The molecular formula is H48Mo6O26. The average Bonchev–Trinajstić information content (AvgIpc) is 1.50. The molecule has 0 aromatic carbocycles. The van der Waals surface area contributed by atoms with E-state index < -0.39 is 0 Å². The van der Waals surface area contributed by atoms with Crippen molar-refractivity contribution in [1.82, 2.24) is 0 Å². The Balaban J connectivity index is -0.0000000000476. The van der Waals surface area contributed by atoms with Crippen LogP contribution in [0.1, 0.15) is 0 Å². The van der Waals surface area contributed by atoms with E-state index in [1.54, 1.807) is 0 Å². The van der Waals surface area contributed by atoms with Gasteiger partial charge in [-0.25, -0.2) is 0 Å². The SMILES string of the molecule is O.O.O.O.O.O.O.O.O.O.O.O.O.O.O.O.O.O.O.O.O.O.OO.OO.[Mo].[Mo].[Mo].[Mo].[Mo].[Mo]. The molecule has 48 N–H and O–H groups in total. The fraction of sp³-hybridized carbons (Fsp3) is 0. The van der Waals surface area contributed by atoms with Crippen LogP contribution in [-0.4, -0.2) is 142 Å². The number of hydrogen-bond donors (Lipinski definition) is 4. The van der Waals surface area contributed by atoms with Crippen molar-refractivity contribution < 1.29 is 268 Å². The summed E-state index contributed by atoms with van der Waals surface area (Å²) in [5.41, 5.74) is 0. The molecule has 32 heavy (non-hydrogen) atoms. The van der Waals surface area contributed by atoms with Crippen LogP contribution in [-0.2, 0) is 126 Å². The van der Waals surface area contributed by atoms with Crippen LogP contribution in [0.4, 0.5) is 0 Å². The van der Waals surface area contributed by atoms with Gasteiger partial charge in [0.1, 0.15) is 0 Å². The molecular weight excluding hydrogens is 992 g/mol. The molecule has 0 fully saturated rings. The molecule has 0 spiro atoms. The minimum absolute atomic E-state index is 0. The largest absolute Gasteiger partial charge is 0.412 e. The molecule has 26 nitrogen and oxygen atoms in total. The third-order valence-electron chi connectivity index (χ3n) is 0. The van der Waals surface area contributed by atoms with Crippen LogP contribution in [0.25, 0.3) is 0 Å². The zero-order valence-electron chi connectivity index (χ0n) is 15.2. The molecule has 0 unspecified atom stereocenters. The second kappa shape index (κ2) is 3910. The van der Waals surface area contributed by atoms with E-state index in [-0.39, 0.29) is 247 Å². The van der Waals surface area contributed by atoms with Gasteiger partial charge in [-0.15, -0.1) is 0 Å². The Hall–Kier alpha value is 3.09. The summed E-state index contributed by atoms with van der Waals surface area (Å²) >= 11 is 0. The predicted octanol–water partition coefficient (Wildman–Crippen LogP) is -18.1. The van der Waals surface area contributed by atoms with E-state index in [4.69, 9.17) is 21.0 Å². The maximum atomic E-state index is 6.00. The van der Waals surface area contributed by atoms with Gasteiger partial charge in [-0.2, -0.15) is 0 Å². The first kappa shape index (κ1) is 1570. The minimum Gasteiger partial charge on any atom is -0.412 e. The van der Waals surface area contributed by atoms with Crippen molar-refractivity contribution in [1.29, 1.82) is 0 Å². The standard InChI is InChI=1S/6Mo.2H2O2.22H2O/c;;;;;;2*1-2;;;;;;;;;;;;;;;;;;;;;;/h;;;;;;2*1-2H;22*1H2. The summed E-state index contributed by atoms with van der Waals surface area (Å²) in [6.07, 6.45) is 0. The molecule has 0 atom stereocenters. The van der Waals surface area contributed by atoms with Gasteiger partial charge in [-0.3, -0.25) is 21.0 Å². The van der Waals surface area contributed by atoms with Gasteiger partial charge in [0.25, 0.3) is 0 Å². The maximum absolute atomic E-state index is 6.00. The van der Waals surface area contributed by atoms with E-state index in [9.17, 15) is 0 Å². The zero-order valence-corrected chi connectivity index (χ0v) is 27.3. The predicted molar refractivity (Wildman–Crippen MR) is 90.0 cm³/mol. The molecule has 0 saturated carbocycles. The third-order valence-corrected chi connectivity index (χ3v) is 0. The molecule has 0 aliphatic rings. The molecule has 32 heteroatoms. The summed E-state index contributed by atoms with van der Waals surface area (Å²) in [5.74, 6) is 0. The van der Waals surface area contributed by atoms with Gasteiger partial charge in [0.2, 0.25) is 0 Å². The molecule has 0 heterocycles. The Morgan fingerprint density at radius 3 is 0.125 bits per heavy atom. The first-order chi connectivity index (χ1) is 2.00. The molecule has 0 amide bonds. The van der Waals surface area contributed by atoms with Crippen LogP contribution >= 0.6 is 0 Å². The summed E-state index contributed by atoms with van der Waals surface area (Å²) in [5, 5.41) is 24.0. The Bertz CT molecular complexity index is 22.3. The summed E-state index contributed by atoms with van der Waals surface area (Å²) < 4.78 is 0. The van der Waals surface area contributed by atoms with Crippen LogP contribution in [0.3, 0.4) is 0 Å². The van der Waals surface area contributed by atoms with E-state index >= 15 is 0 Å². The summed E-state index contributed by atoms with van der Waals surface area (Å²) in [4.78, 5) is 0. The van der Waals surface area contributed by atoms with Crippen LogP contribution in [0, 0.1) is 0 Å². The van der Waals surface area contributed by atoms with Gasteiger partial charge in [0.15, 0.2) is 0 Å². The molecule has 0 aromatic rings. The second-order valence-corrected chi connectivity index (χ2v) is 0. The molecule has 0 aromatic heterocycles. The molecule has 0 aliphatic carbocycles. The molecule has 240 valence electrons. The van der Waals surface area contributed by atoms with Crippen molar-refractivity contribution >= 4 is 0 Å². The van der Waals surface area contributed by atoms with Gasteiger partial charge in [-0.05, 0) is 0 Å². The fourth-order valence-electron chi connectivity index (χ4n) is 0. The monoisotopic (exact) mass is 1050 g/mol. The van der Waals surface area contributed by atoms with E-state index in [2.05, 4.69) is 0 Å². The van der Waals surface area contributed by atoms with Crippen LogP contribution < -0.4 is 0 Å². The van der Waals surface area contributed by atoms with E-state index in [0.717, 1.165) is 0 Å². The molecule has 0 saturated heterocycles. The molecule has 0 bridgehead atoms. The Labute approximate surface area is 265 Å². The minimum atomic E-state index is 0. The molecule has 0 radical (unpaired) electrons. The zero-order chi connectivity index (χ0) is 4.00. The maximum Gasteiger partial charge on any atom is 0 e. The van der Waals surface area contributed by atoms with E-state index in [1.165, 1.54) is 0 Å². The number of hydrogen-bond acceptors (Lipinski definition) is 4. The Morgan fingerprint density at radius 1 is 0.125 bits per heavy atom. The van der Waals surface area contributed by atoms with Crippen molar-refractivity contribution in [3.8, 4) is 0 Å². The Morgan fingerprint density at radius 2 is 0.125 bits per heavy atom. The van der Waals surface area contributed by atoms with Gasteiger partial charge in [0, 0.05) is 126 Å². The first-order valence-electron chi connectivity index (χ1n) is 0.400.